The third-order valence-corrected chi connectivity index (χ3v) is 5.39. The first-order valence-electron chi connectivity index (χ1n) is 11.1. The van der Waals surface area contributed by atoms with Crippen molar-refractivity contribution in [3.8, 4) is 11.3 Å². The Balaban J connectivity index is 1.50. The van der Waals surface area contributed by atoms with Crippen molar-refractivity contribution in [1.82, 2.24) is 20.3 Å². The minimum absolute atomic E-state index is 0.0517. The van der Waals surface area contributed by atoms with E-state index in [0.29, 0.717) is 67.0 Å². The molecular weight excluding hydrogens is 406 g/mol. The van der Waals surface area contributed by atoms with Crippen LogP contribution in [0.5, 0.6) is 0 Å². The Morgan fingerprint density at radius 1 is 1.30 bits per heavy atom. The molecule has 0 saturated carbocycles. The summed E-state index contributed by atoms with van der Waals surface area (Å²) in [6.45, 7) is 1.19. The topological polar surface area (TPSA) is 98.3 Å². The zero-order valence-electron chi connectivity index (χ0n) is 18.6. The fourth-order valence-corrected chi connectivity index (χ4v) is 3.61. The lowest BCUT2D eigenvalue weighted by Crippen LogP contribution is -2.43. The number of ether oxygens (including phenoxy) is 2. The van der Waals surface area contributed by atoms with Crippen LogP contribution in [-0.2, 0) is 20.7 Å². The van der Waals surface area contributed by atoms with Gasteiger partial charge in [-0.1, -0.05) is 11.6 Å². The maximum atomic E-state index is 12.5. The molecule has 1 atom stereocenters. The SMILES string of the molecule is [2H]C([2H])(Nc1cncc(-c2cc(CC(=O)[C@H]3CNCCO3)ncc2Cl)n1)C1CCOCC1. The molecule has 2 aliphatic heterocycles. The van der Waals surface area contributed by atoms with E-state index in [9.17, 15) is 4.79 Å². The van der Waals surface area contributed by atoms with Gasteiger partial charge in [-0.2, -0.15) is 0 Å². The molecule has 0 bridgehead atoms. The largest absolute Gasteiger partial charge is 0.381 e. The van der Waals surface area contributed by atoms with Gasteiger partial charge in [0.05, 0.1) is 36.1 Å². The summed E-state index contributed by atoms with van der Waals surface area (Å²) in [5, 5.41) is 6.39. The number of rotatable bonds is 7. The molecule has 0 aliphatic carbocycles. The first-order chi connectivity index (χ1) is 15.4. The quantitative estimate of drug-likeness (QED) is 0.685. The number of carbonyl (C=O) groups excluding carboxylic acids is 1. The predicted molar refractivity (Wildman–Crippen MR) is 114 cm³/mol. The summed E-state index contributed by atoms with van der Waals surface area (Å²) in [4.78, 5) is 25.5. The third-order valence-electron chi connectivity index (χ3n) is 5.09. The summed E-state index contributed by atoms with van der Waals surface area (Å²) in [6.07, 6.45) is 5.44. The highest BCUT2D eigenvalue weighted by Crippen LogP contribution is 2.27. The zero-order valence-corrected chi connectivity index (χ0v) is 17.3. The number of Topliss-reactive ketones (excluding diaryl/α,β-unsaturated/α-hetero) is 1. The van der Waals surface area contributed by atoms with Crippen LogP contribution < -0.4 is 10.6 Å². The van der Waals surface area contributed by atoms with Crippen molar-refractivity contribution in [2.45, 2.75) is 25.4 Å². The first kappa shape index (κ1) is 18.6. The summed E-state index contributed by atoms with van der Waals surface area (Å²) in [5.74, 6) is 0.0793. The lowest BCUT2D eigenvalue weighted by molar-refractivity contribution is -0.131. The van der Waals surface area contributed by atoms with Crippen LogP contribution in [0.1, 0.15) is 21.3 Å². The number of pyridine rings is 1. The van der Waals surface area contributed by atoms with Gasteiger partial charge in [-0.05, 0) is 24.8 Å². The summed E-state index contributed by atoms with van der Waals surface area (Å²) in [7, 11) is 0. The monoisotopic (exact) mass is 433 g/mol. The molecule has 2 aliphatic rings. The Morgan fingerprint density at radius 2 is 2.17 bits per heavy atom. The van der Waals surface area contributed by atoms with Crippen molar-refractivity contribution in [3.63, 3.8) is 0 Å². The standard InChI is InChI=1S/C21H26ClN5O3/c22-17-10-25-15(8-19(28)20-12-23-3-6-30-20)7-16(17)18-11-24-13-21(27-18)26-9-14-1-4-29-5-2-14/h7,10-11,13-14,20,23H,1-6,8-9,12H2,(H,26,27)/t20-/m1/s1/i9D2. The molecule has 0 amide bonds. The summed E-state index contributed by atoms with van der Waals surface area (Å²) >= 11 is 6.36. The highest BCUT2D eigenvalue weighted by molar-refractivity contribution is 6.33. The van der Waals surface area contributed by atoms with Gasteiger partial charge in [-0.3, -0.25) is 14.8 Å². The second-order valence-electron chi connectivity index (χ2n) is 7.31. The van der Waals surface area contributed by atoms with Crippen molar-refractivity contribution >= 4 is 23.2 Å². The third kappa shape index (κ3) is 5.51. The van der Waals surface area contributed by atoms with Crippen molar-refractivity contribution in [3.05, 3.63) is 35.4 Å². The molecule has 0 unspecified atom stereocenters. The van der Waals surface area contributed by atoms with Crippen LogP contribution in [0.4, 0.5) is 5.82 Å². The predicted octanol–water partition coefficient (Wildman–Crippen LogP) is 2.13. The van der Waals surface area contributed by atoms with E-state index in [-0.39, 0.29) is 18.1 Å². The molecule has 30 heavy (non-hydrogen) atoms. The Bertz CT molecular complexity index is 953. The maximum Gasteiger partial charge on any atom is 0.168 e. The van der Waals surface area contributed by atoms with Gasteiger partial charge >= 0.3 is 0 Å². The number of aromatic nitrogens is 3. The molecule has 2 aromatic heterocycles. The van der Waals surface area contributed by atoms with Gasteiger partial charge in [-0.15, -0.1) is 0 Å². The number of hydrogen-bond acceptors (Lipinski definition) is 8. The van der Waals surface area contributed by atoms with E-state index in [1.165, 1.54) is 12.4 Å². The molecule has 8 nitrogen and oxygen atoms in total. The molecule has 4 rings (SSSR count). The van der Waals surface area contributed by atoms with E-state index in [1.54, 1.807) is 12.3 Å². The number of halogens is 1. The van der Waals surface area contributed by atoms with E-state index in [1.807, 2.05) is 0 Å². The highest BCUT2D eigenvalue weighted by atomic mass is 35.5. The molecule has 2 aromatic rings. The van der Waals surface area contributed by atoms with E-state index in [0.717, 1.165) is 6.54 Å². The molecule has 0 spiro atoms. The Hall–Kier alpha value is -2.13. The number of nitrogens with one attached hydrogen (secondary N) is 2. The maximum absolute atomic E-state index is 12.5. The fourth-order valence-electron chi connectivity index (χ4n) is 3.41. The van der Waals surface area contributed by atoms with E-state index < -0.39 is 12.6 Å². The minimum Gasteiger partial charge on any atom is -0.381 e. The van der Waals surface area contributed by atoms with Gasteiger partial charge in [0.1, 0.15) is 11.9 Å². The van der Waals surface area contributed by atoms with Crippen molar-refractivity contribution in [1.29, 1.82) is 0 Å². The molecule has 9 heteroatoms. The molecule has 2 N–H and O–H groups in total. The molecule has 160 valence electrons. The first-order valence-corrected chi connectivity index (χ1v) is 10.5. The van der Waals surface area contributed by atoms with E-state index in [4.69, 9.17) is 23.8 Å². The number of hydrogen-bond donors (Lipinski definition) is 2. The van der Waals surface area contributed by atoms with Crippen LogP contribution >= 0.6 is 11.6 Å². The second-order valence-corrected chi connectivity index (χ2v) is 7.71. The van der Waals surface area contributed by atoms with Crippen molar-refractivity contribution < 1.29 is 17.0 Å². The smallest absolute Gasteiger partial charge is 0.168 e. The van der Waals surface area contributed by atoms with Crippen molar-refractivity contribution in [2.24, 2.45) is 5.92 Å². The second kappa shape index (κ2) is 10.3. The van der Waals surface area contributed by atoms with Gasteiger partial charge in [0.2, 0.25) is 0 Å². The number of nitrogens with zero attached hydrogens (tertiary/aromatic N) is 3. The normalized spacial score (nSPS) is 21.6. The van der Waals surface area contributed by atoms with Crippen LogP contribution in [0.3, 0.4) is 0 Å². The summed E-state index contributed by atoms with van der Waals surface area (Å²) < 4.78 is 27.7. The summed E-state index contributed by atoms with van der Waals surface area (Å²) in [6, 6.07) is 1.72. The van der Waals surface area contributed by atoms with Gasteiger partial charge in [-0.25, -0.2) is 4.98 Å². The number of carbonyl (C=O) groups is 1. The number of anilines is 1. The molecule has 2 fully saturated rings. The van der Waals surface area contributed by atoms with Crippen LogP contribution in [0.25, 0.3) is 11.3 Å². The molecule has 0 aromatic carbocycles. The van der Waals surface area contributed by atoms with E-state index >= 15 is 0 Å². The molecule has 4 heterocycles. The Labute approximate surface area is 183 Å². The Kier molecular flexibility index (Phi) is 6.37. The van der Waals surface area contributed by atoms with Gasteiger partial charge in [0.25, 0.3) is 0 Å². The van der Waals surface area contributed by atoms with Gasteiger partial charge in [0, 0.05) is 53.0 Å². The zero-order chi connectivity index (χ0) is 22.6. The number of morpholine rings is 1. The average molecular weight is 434 g/mol. The Morgan fingerprint density at radius 3 is 2.97 bits per heavy atom. The van der Waals surface area contributed by atoms with E-state index in [2.05, 4.69) is 25.6 Å². The fraction of sp³-hybridized carbons (Fsp3) is 0.524. The van der Waals surface area contributed by atoms with Crippen LogP contribution in [0, 0.1) is 5.92 Å². The summed E-state index contributed by atoms with van der Waals surface area (Å²) in [5.41, 5.74) is 1.60. The van der Waals surface area contributed by atoms with Crippen LogP contribution in [0.2, 0.25) is 5.02 Å². The van der Waals surface area contributed by atoms with Crippen LogP contribution in [-0.4, -0.2) is 66.2 Å². The molecule has 2 saturated heterocycles. The molecular formula is C21H26ClN5O3. The average Bonchev–Trinajstić information content (AvgIpc) is 2.81. The van der Waals surface area contributed by atoms with Crippen LogP contribution in [0.15, 0.2) is 24.7 Å². The molecule has 0 radical (unpaired) electrons. The highest BCUT2D eigenvalue weighted by Gasteiger charge is 2.22. The lowest BCUT2D eigenvalue weighted by atomic mass is 10.0. The lowest BCUT2D eigenvalue weighted by Gasteiger charge is -2.22. The van der Waals surface area contributed by atoms with Gasteiger partial charge in [0.15, 0.2) is 5.78 Å². The minimum atomic E-state index is -1.65. The van der Waals surface area contributed by atoms with Crippen molar-refractivity contribution in [2.75, 3.05) is 44.7 Å². The van der Waals surface area contributed by atoms with Gasteiger partial charge < -0.3 is 20.1 Å². The number of ketones is 1.